The van der Waals surface area contributed by atoms with E-state index in [1.807, 2.05) is 18.2 Å². The van der Waals surface area contributed by atoms with Crippen LogP contribution >= 0.6 is 22.9 Å². The molecule has 0 aliphatic rings. The van der Waals surface area contributed by atoms with E-state index in [0.717, 1.165) is 11.3 Å². The van der Waals surface area contributed by atoms with Crippen molar-refractivity contribution in [2.75, 3.05) is 11.9 Å². The molecule has 1 N–H and O–H groups in total. The molecule has 9 heteroatoms. The molecule has 0 unspecified atom stereocenters. The number of carbonyl (C=O) groups excluding carboxylic acids is 2. The number of rotatable bonds is 5. The molecule has 0 bridgehead atoms. The van der Waals surface area contributed by atoms with Crippen molar-refractivity contribution >= 4 is 40.5 Å². The Morgan fingerprint density at radius 3 is 2.52 bits per heavy atom. The summed E-state index contributed by atoms with van der Waals surface area (Å²) in [6.07, 6.45) is 0. The molecule has 2 heterocycles. The summed E-state index contributed by atoms with van der Waals surface area (Å²) in [4.78, 5) is 37.0. The summed E-state index contributed by atoms with van der Waals surface area (Å²) in [5.41, 5.74) is 1.02. The SMILES string of the molecule is Cc1c(NC(=O)COC(=O)c2ccc(Cl)s2)c(=O)n(-c2ccccc2)n1C. The van der Waals surface area contributed by atoms with Gasteiger partial charge in [-0.1, -0.05) is 29.8 Å². The molecule has 27 heavy (non-hydrogen) atoms. The lowest BCUT2D eigenvalue weighted by atomic mass is 10.3. The van der Waals surface area contributed by atoms with Crippen LogP contribution in [0.15, 0.2) is 47.3 Å². The maximum Gasteiger partial charge on any atom is 0.348 e. The zero-order valence-electron chi connectivity index (χ0n) is 14.6. The van der Waals surface area contributed by atoms with Crippen LogP contribution < -0.4 is 10.9 Å². The standard InChI is InChI=1S/C18H16ClN3O4S/c1-11-16(17(24)22(21(11)2)12-6-4-3-5-7-12)20-15(23)10-26-18(25)13-8-9-14(19)27-13/h3-9H,10H2,1-2H3,(H,20,23). The summed E-state index contributed by atoms with van der Waals surface area (Å²) in [5, 5.41) is 2.53. The van der Waals surface area contributed by atoms with Gasteiger partial charge in [-0.2, -0.15) is 0 Å². The zero-order valence-corrected chi connectivity index (χ0v) is 16.1. The lowest BCUT2D eigenvalue weighted by Crippen LogP contribution is -2.25. The fourth-order valence-electron chi connectivity index (χ4n) is 2.51. The third-order valence-electron chi connectivity index (χ3n) is 3.93. The van der Waals surface area contributed by atoms with Crippen LogP contribution in [-0.4, -0.2) is 27.8 Å². The monoisotopic (exact) mass is 405 g/mol. The number of anilines is 1. The molecule has 0 saturated heterocycles. The van der Waals surface area contributed by atoms with Crippen LogP contribution in [0.4, 0.5) is 5.69 Å². The van der Waals surface area contributed by atoms with E-state index in [1.165, 1.54) is 10.7 Å². The van der Waals surface area contributed by atoms with Crippen LogP contribution in [0.2, 0.25) is 4.34 Å². The first-order valence-corrected chi connectivity index (χ1v) is 9.14. The lowest BCUT2D eigenvalue weighted by Gasteiger charge is -2.07. The summed E-state index contributed by atoms with van der Waals surface area (Å²) in [7, 11) is 1.72. The van der Waals surface area contributed by atoms with Crippen molar-refractivity contribution in [2.45, 2.75) is 6.92 Å². The molecule has 3 rings (SSSR count). The maximum absolute atomic E-state index is 12.7. The number of halogens is 1. The number of hydrogen-bond acceptors (Lipinski definition) is 5. The number of benzene rings is 1. The zero-order chi connectivity index (χ0) is 19.6. The van der Waals surface area contributed by atoms with Crippen LogP contribution in [0.25, 0.3) is 5.69 Å². The van der Waals surface area contributed by atoms with Crippen molar-refractivity contribution in [3.63, 3.8) is 0 Å². The number of ether oxygens (including phenoxy) is 1. The van der Waals surface area contributed by atoms with Gasteiger partial charge in [0.1, 0.15) is 10.6 Å². The van der Waals surface area contributed by atoms with Gasteiger partial charge in [-0.05, 0) is 31.2 Å². The highest BCUT2D eigenvalue weighted by Gasteiger charge is 2.19. The van der Waals surface area contributed by atoms with Crippen molar-refractivity contribution in [1.82, 2.24) is 9.36 Å². The van der Waals surface area contributed by atoms with Gasteiger partial charge in [0, 0.05) is 7.05 Å². The third-order valence-corrected chi connectivity index (χ3v) is 5.14. The molecule has 0 aliphatic carbocycles. The van der Waals surface area contributed by atoms with Crippen molar-refractivity contribution in [2.24, 2.45) is 7.05 Å². The van der Waals surface area contributed by atoms with E-state index >= 15 is 0 Å². The summed E-state index contributed by atoms with van der Waals surface area (Å²) in [6.45, 7) is 1.21. The Bertz CT molecular complexity index is 1050. The van der Waals surface area contributed by atoms with Crippen LogP contribution in [0.1, 0.15) is 15.4 Å². The number of thiophene rings is 1. The van der Waals surface area contributed by atoms with Crippen molar-refractivity contribution in [3.05, 3.63) is 67.7 Å². The van der Waals surface area contributed by atoms with E-state index in [1.54, 1.807) is 36.9 Å². The highest BCUT2D eigenvalue weighted by atomic mass is 35.5. The molecule has 0 fully saturated rings. The first-order valence-electron chi connectivity index (χ1n) is 7.95. The third kappa shape index (κ3) is 3.96. The molecule has 7 nitrogen and oxygen atoms in total. The minimum Gasteiger partial charge on any atom is -0.451 e. The average Bonchev–Trinajstić information content (AvgIpc) is 3.18. The van der Waals surface area contributed by atoms with Crippen molar-refractivity contribution < 1.29 is 14.3 Å². The fourth-order valence-corrected chi connectivity index (χ4v) is 3.45. The molecule has 0 saturated carbocycles. The summed E-state index contributed by atoms with van der Waals surface area (Å²) in [5.74, 6) is -1.24. The highest BCUT2D eigenvalue weighted by Crippen LogP contribution is 2.22. The maximum atomic E-state index is 12.7. The number of carbonyl (C=O) groups is 2. The van der Waals surface area contributed by atoms with Gasteiger partial charge >= 0.3 is 5.97 Å². The minimum absolute atomic E-state index is 0.140. The molecule has 0 aliphatic heterocycles. The van der Waals surface area contributed by atoms with Crippen LogP contribution in [0.3, 0.4) is 0 Å². The Balaban J connectivity index is 1.73. The first kappa shape index (κ1) is 18.9. The Morgan fingerprint density at radius 1 is 1.19 bits per heavy atom. The molecular formula is C18H16ClN3O4S. The highest BCUT2D eigenvalue weighted by molar-refractivity contribution is 7.17. The predicted molar refractivity (Wildman–Crippen MR) is 104 cm³/mol. The second kappa shape index (κ2) is 7.81. The van der Waals surface area contributed by atoms with Gasteiger partial charge < -0.3 is 10.1 Å². The molecule has 140 valence electrons. The summed E-state index contributed by atoms with van der Waals surface area (Å²) < 4.78 is 8.51. The summed E-state index contributed by atoms with van der Waals surface area (Å²) >= 11 is 6.83. The predicted octanol–water partition coefficient (Wildman–Crippen LogP) is 2.99. The van der Waals surface area contributed by atoms with Gasteiger partial charge in [0.05, 0.1) is 15.7 Å². The van der Waals surface area contributed by atoms with E-state index in [4.69, 9.17) is 16.3 Å². The molecule has 0 atom stereocenters. The molecule has 0 radical (unpaired) electrons. The van der Waals surface area contributed by atoms with Crippen LogP contribution in [0.5, 0.6) is 0 Å². The molecule has 1 amide bonds. The van der Waals surface area contributed by atoms with E-state index in [-0.39, 0.29) is 11.2 Å². The van der Waals surface area contributed by atoms with Gasteiger partial charge in [-0.25, -0.2) is 9.48 Å². The smallest absolute Gasteiger partial charge is 0.348 e. The number of amides is 1. The number of para-hydroxylation sites is 1. The normalized spacial score (nSPS) is 10.6. The lowest BCUT2D eigenvalue weighted by molar-refractivity contribution is -0.119. The molecule has 1 aromatic carbocycles. The Morgan fingerprint density at radius 2 is 1.89 bits per heavy atom. The van der Waals surface area contributed by atoms with E-state index in [0.29, 0.717) is 20.6 Å². The van der Waals surface area contributed by atoms with Gasteiger partial charge in [0.25, 0.3) is 11.5 Å². The largest absolute Gasteiger partial charge is 0.451 e. The van der Waals surface area contributed by atoms with Gasteiger partial charge in [-0.3, -0.25) is 14.3 Å². The van der Waals surface area contributed by atoms with E-state index in [9.17, 15) is 14.4 Å². The van der Waals surface area contributed by atoms with Gasteiger partial charge in [0.2, 0.25) is 0 Å². The molecule has 0 spiro atoms. The number of hydrogen-bond donors (Lipinski definition) is 1. The second-order valence-electron chi connectivity index (χ2n) is 5.66. The number of nitrogens with zero attached hydrogens (tertiary/aromatic N) is 2. The second-order valence-corrected chi connectivity index (χ2v) is 7.38. The topological polar surface area (TPSA) is 82.3 Å². The molecular weight excluding hydrogens is 390 g/mol. The van der Waals surface area contributed by atoms with Gasteiger partial charge in [0.15, 0.2) is 6.61 Å². The number of esters is 1. The summed E-state index contributed by atoms with van der Waals surface area (Å²) in [6, 6.07) is 12.2. The quantitative estimate of drug-likeness (QED) is 0.661. The average molecular weight is 406 g/mol. The Kier molecular flexibility index (Phi) is 5.48. The molecule has 3 aromatic rings. The van der Waals surface area contributed by atoms with Crippen molar-refractivity contribution in [3.8, 4) is 5.69 Å². The van der Waals surface area contributed by atoms with E-state index < -0.39 is 18.5 Å². The molecule has 2 aromatic heterocycles. The minimum atomic E-state index is -0.645. The van der Waals surface area contributed by atoms with Gasteiger partial charge in [-0.15, -0.1) is 11.3 Å². The number of aromatic nitrogens is 2. The Labute approximate surface area is 163 Å². The fraction of sp³-hybridized carbons (Fsp3) is 0.167. The van der Waals surface area contributed by atoms with Crippen LogP contribution in [-0.2, 0) is 16.6 Å². The van der Waals surface area contributed by atoms with Crippen molar-refractivity contribution in [1.29, 1.82) is 0 Å². The first-order chi connectivity index (χ1) is 12.9. The van der Waals surface area contributed by atoms with Crippen LogP contribution in [0, 0.1) is 6.92 Å². The van der Waals surface area contributed by atoms with E-state index in [2.05, 4.69) is 5.32 Å². The number of nitrogens with one attached hydrogen (secondary N) is 1. The Hall–Kier alpha value is -2.84.